The third-order valence-electron chi connectivity index (χ3n) is 2.72. The highest BCUT2D eigenvalue weighted by Gasteiger charge is 2.20. The van der Waals surface area contributed by atoms with E-state index in [9.17, 15) is 12.8 Å². The average molecular weight is 299 g/mol. The first-order chi connectivity index (χ1) is 9.03. The molecule has 1 N–H and O–H groups in total. The first kappa shape index (κ1) is 14.2. The molecule has 0 aliphatic heterocycles. The van der Waals surface area contributed by atoms with Crippen molar-refractivity contribution in [2.45, 2.75) is 24.3 Å². The molecule has 0 aliphatic carbocycles. The third kappa shape index (κ3) is 3.40. The Hall–Kier alpha value is -1.24. The minimum absolute atomic E-state index is 0.0731. The second kappa shape index (κ2) is 5.81. The maximum Gasteiger partial charge on any atom is 0.241 e. The Balaban J connectivity index is 2.23. The van der Waals surface area contributed by atoms with Gasteiger partial charge in [-0.15, -0.1) is 11.3 Å². The van der Waals surface area contributed by atoms with Crippen LogP contribution in [-0.2, 0) is 10.0 Å². The van der Waals surface area contributed by atoms with Crippen LogP contribution >= 0.6 is 11.3 Å². The zero-order valence-electron chi connectivity index (χ0n) is 10.3. The van der Waals surface area contributed by atoms with Gasteiger partial charge in [-0.25, -0.2) is 17.5 Å². The first-order valence-corrected chi connectivity index (χ1v) is 8.20. The molecule has 102 valence electrons. The molecule has 0 saturated carbocycles. The fraction of sp³-hybridized carbons (Fsp3) is 0.231. The van der Waals surface area contributed by atoms with E-state index in [1.807, 2.05) is 24.4 Å². The summed E-state index contributed by atoms with van der Waals surface area (Å²) in [6, 6.07) is 8.33. The van der Waals surface area contributed by atoms with Gasteiger partial charge in [0.2, 0.25) is 10.0 Å². The molecule has 0 saturated heterocycles. The van der Waals surface area contributed by atoms with Crippen LogP contribution in [0.1, 0.15) is 24.3 Å². The summed E-state index contributed by atoms with van der Waals surface area (Å²) in [4.78, 5) is 1.04. The molecule has 2 aromatic rings. The van der Waals surface area contributed by atoms with Gasteiger partial charge in [0, 0.05) is 4.88 Å². The number of hydrogen-bond donors (Lipinski definition) is 1. The summed E-state index contributed by atoms with van der Waals surface area (Å²) in [6.45, 7) is 1.91. The van der Waals surface area contributed by atoms with Gasteiger partial charge in [-0.3, -0.25) is 0 Å². The summed E-state index contributed by atoms with van der Waals surface area (Å²) in [5.41, 5.74) is 0. The molecule has 0 aliphatic rings. The lowest BCUT2D eigenvalue weighted by Crippen LogP contribution is -2.27. The van der Waals surface area contributed by atoms with Crippen LogP contribution in [0, 0.1) is 5.82 Å². The molecular weight excluding hydrogens is 285 g/mol. The van der Waals surface area contributed by atoms with Crippen LogP contribution in [0.25, 0.3) is 0 Å². The van der Waals surface area contributed by atoms with Gasteiger partial charge in [0.15, 0.2) is 0 Å². The summed E-state index contributed by atoms with van der Waals surface area (Å²) < 4.78 is 39.8. The molecule has 1 aromatic carbocycles. The molecule has 1 heterocycles. The number of sulfonamides is 1. The fourth-order valence-corrected chi connectivity index (χ4v) is 3.94. The molecule has 2 rings (SSSR count). The molecule has 6 heteroatoms. The molecule has 19 heavy (non-hydrogen) atoms. The van der Waals surface area contributed by atoms with Crippen LogP contribution in [0.3, 0.4) is 0 Å². The van der Waals surface area contributed by atoms with Crippen molar-refractivity contribution in [2.75, 3.05) is 0 Å². The van der Waals surface area contributed by atoms with Gasteiger partial charge >= 0.3 is 0 Å². The largest absolute Gasteiger partial charge is 0.241 e. The standard InChI is InChI=1S/C13H14FNO2S2/c1-2-12(13-4-3-9-18-13)15-19(16,17)11-7-5-10(14)6-8-11/h3-9,12,15H,2H2,1H3. The lowest BCUT2D eigenvalue weighted by Gasteiger charge is -2.15. The van der Waals surface area contributed by atoms with Crippen molar-refractivity contribution in [1.29, 1.82) is 0 Å². The van der Waals surface area contributed by atoms with Crippen LogP contribution in [0.15, 0.2) is 46.7 Å². The van der Waals surface area contributed by atoms with E-state index >= 15 is 0 Å². The van der Waals surface area contributed by atoms with Gasteiger partial charge in [-0.2, -0.15) is 0 Å². The number of thiophene rings is 1. The highest BCUT2D eigenvalue weighted by Crippen LogP contribution is 2.24. The first-order valence-electron chi connectivity index (χ1n) is 5.84. The minimum atomic E-state index is -3.62. The maximum atomic E-state index is 12.8. The lowest BCUT2D eigenvalue weighted by molar-refractivity contribution is 0.552. The molecule has 0 radical (unpaired) electrons. The van der Waals surface area contributed by atoms with Gasteiger partial charge < -0.3 is 0 Å². The van der Waals surface area contributed by atoms with E-state index in [-0.39, 0.29) is 10.9 Å². The Morgan fingerprint density at radius 1 is 1.26 bits per heavy atom. The number of benzene rings is 1. The van der Waals surface area contributed by atoms with E-state index in [0.29, 0.717) is 6.42 Å². The van der Waals surface area contributed by atoms with Crippen LogP contribution < -0.4 is 4.72 Å². The summed E-state index contributed by atoms with van der Waals surface area (Å²) in [5.74, 6) is -0.454. The summed E-state index contributed by atoms with van der Waals surface area (Å²) in [5, 5.41) is 1.91. The Bertz CT molecular complexity index is 621. The SMILES string of the molecule is CCC(NS(=O)(=O)c1ccc(F)cc1)c1cccs1. The van der Waals surface area contributed by atoms with Gasteiger partial charge in [0.05, 0.1) is 10.9 Å². The predicted molar refractivity (Wildman–Crippen MR) is 74.1 cm³/mol. The van der Waals surface area contributed by atoms with E-state index < -0.39 is 15.8 Å². The van der Waals surface area contributed by atoms with Crippen LogP contribution in [0.5, 0.6) is 0 Å². The number of hydrogen-bond acceptors (Lipinski definition) is 3. The van der Waals surface area contributed by atoms with E-state index in [4.69, 9.17) is 0 Å². The van der Waals surface area contributed by atoms with Crippen molar-refractivity contribution >= 4 is 21.4 Å². The Morgan fingerprint density at radius 2 is 1.95 bits per heavy atom. The number of nitrogens with one attached hydrogen (secondary N) is 1. The Kier molecular flexibility index (Phi) is 4.34. The van der Waals surface area contributed by atoms with Crippen molar-refractivity contribution in [3.05, 3.63) is 52.5 Å². The summed E-state index contributed by atoms with van der Waals surface area (Å²) >= 11 is 1.51. The zero-order chi connectivity index (χ0) is 13.9. The monoisotopic (exact) mass is 299 g/mol. The predicted octanol–water partition coefficient (Wildman–Crippen LogP) is 3.32. The van der Waals surface area contributed by atoms with Crippen molar-refractivity contribution in [1.82, 2.24) is 4.72 Å². The maximum absolute atomic E-state index is 12.8. The minimum Gasteiger partial charge on any atom is -0.207 e. The molecule has 1 unspecified atom stereocenters. The Morgan fingerprint density at radius 3 is 2.47 bits per heavy atom. The summed E-state index contributed by atoms with van der Waals surface area (Å²) in [7, 11) is -3.62. The van der Waals surface area contributed by atoms with Gasteiger partial charge in [0.1, 0.15) is 5.82 Å². The van der Waals surface area contributed by atoms with Crippen molar-refractivity contribution in [3.8, 4) is 0 Å². The number of rotatable bonds is 5. The molecule has 1 atom stereocenters. The lowest BCUT2D eigenvalue weighted by atomic mass is 10.2. The van der Waals surface area contributed by atoms with E-state index in [1.54, 1.807) is 0 Å². The second-order valence-electron chi connectivity index (χ2n) is 4.05. The zero-order valence-corrected chi connectivity index (χ0v) is 12.0. The third-order valence-corrected chi connectivity index (χ3v) is 5.19. The Labute approximate surface area is 116 Å². The molecule has 3 nitrogen and oxygen atoms in total. The van der Waals surface area contributed by atoms with Gasteiger partial charge in [-0.05, 0) is 42.1 Å². The number of halogens is 1. The van der Waals surface area contributed by atoms with E-state index in [2.05, 4.69) is 4.72 Å². The van der Waals surface area contributed by atoms with Crippen LogP contribution in [0.4, 0.5) is 4.39 Å². The second-order valence-corrected chi connectivity index (χ2v) is 6.74. The highest BCUT2D eigenvalue weighted by molar-refractivity contribution is 7.89. The summed E-state index contributed by atoms with van der Waals surface area (Å²) in [6.07, 6.45) is 0.654. The molecule has 0 amide bonds. The smallest absolute Gasteiger partial charge is 0.207 e. The topological polar surface area (TPSA) is 46.2 Å². The van der Waals surface area contributed by atoms with Crippen LogP contribution in [0.2, 0.25) is 0 Å². The van der Waals surface area contributed by atoms with Gasteiger partial charge in [-0.1, -0.05) is 13.0 Å². The van der Waals surface area contributed by atoms with Crippen molar-refractivity contribution < 1.29 is 12.8 Å². The normalized spacial score (nSPS) is 13.4. The van der Waals surface area contributed by atoms with Crippen LogP contribution in [-0.4, -0.2) is 8.42 Å². The van der Waals surface area contributed by atoms with Crippen molar-refractivity contribution in [2.24, 2.45) is 0 Å². The van der Waals surface area contributed by atoms with Crippen molar-refractivity contribution in [3.63, 3.8) is 0 Å². The quantitative estimate of drug-likeness (QED) is 0.920. The highest BCUT2D eigenvalue weighted by atomic mass is 32.2. The molecule has 0 spiro atoms. The fourth-order valence-electron chi connectivity index (χ4n) is 1.70. The van der Waals surface area contributed by atoms with Gasteiger partial charge in [0.25, 0.3) is 0 Å². The van der Waals surface area contributed by atoms with E-state index in [1.165, 1.54) is 23.5 Å². The molecule has 0 bridgehead atoms. The molecule has 0 fully saturated rings. The molecule has 1 aromatic heterocycles. The average Bonchev–Trinajstić information content (AvgIpc) is 2.90. The molecular formula is C13H14FNO2S2. The van der Waals surface area contributed by atoms with E-state index in [0.717, 1.165) is 17.0 Å².